The predicted octanol–water partition coefficient (Wildman–Crippen LogP) is 4.49. The lowest BCUT2D eigenvalue weighted by Gasteiger charge is -2.20. The molecule has 1 aromatic rings. The second-order valence-electron chi connectivity index (χ2n) is 4.08. The van der Waals surface area contributed by atoms with Crippen molar-refractivity contribution in [3.63, 3.8) is 0 Å². The minimum absolute atomic E-state index is 0.0499. The minimum atomic E-state index is -0.218. The first-order valence-corrected chi connectivity index (χ1v) is 6.31. The van der Waals surface area contributed by atoms with E-state index >= 15 is 0 Å². The summed E-state index contributed by atoms with van der Waals surface area (Å²) in [5.41, 5.74) is 1.73. The summed E-state index contributed by atoms with van der Waals surface area (Å²) >= 11 is 5.91. The lowest BCUT2D eigenvalue weighted by molar-refractivity contribution is 0.506. The van der Waals surface area contributed by atoms with Crippen LogP contribution in [0.25, 0.3) is 0 Å². The Hall–Kier alpha value is -0.860. The molecule has 0 aliphatic carbocycles. The molecule has 3 heteroatoms. The van der Waals surface area contributed by atoms with Crippen LogP contribution in [0.5, 0.6) is 0 Å². The molecule has 0 saturated carbocycles. The molecule has 17 heavy (non-hydrogen) atoms. The molecule has 1 unspecified atom stereocenters. The molecule has 1 N–H and O–H groups in total. The fourth-order valence-corrected chi connectivity index (χ4v) is 1.93. The quantitative estimate of drug-likeness (QED) is 0.739. The summed E-state index contributed by atoms with van der Waals surface area (Å²) in [6, 6.07) is 4.62. The summed E-state index contributed by atoms with van der Waals surface area (Å²) in [4.78, 5) is 0. The van der Waals surface area contributed by atoms with Crippen LogP contribution in [0.2, 0.25) is 5.02 Å². The highest BCUT2D eigenvalue weighted by Crippen LogP contribution is 2.26. The van der Waals surface area contributed by atoms with E-state index in [1.165, 1.54) is 6.07 Å². The van der Waals surface area contributed by atoms with E-state index in [1.54, 1.807) is 12.1 Å². The zero-order chi connectivity index (χ0) is 12.8. The summed E-state index contributed by atoms with van der Waals surface area (Å²) in [7, 11) is 0. The molecule has 0 spiro atoms. The van der Waals surface area contributed by atoms with Gasteiger partial charge in [-0.2, -0.15) is 0 Å². The van der Waals surface area contributed by atoms with Gasteiger partial charge < -0.3 is 5.32 Å². The summed E-state index contributed by atoms with van der Waals surface area (Å²) in [6.07, 6.45) is 1.64. The first kappa shape index (κ1) is 14.2. The molecule has 1 atom stereocenters. The van der Waals surface area contributed by atoms with Crippen molar-refractivity contribution in [3.8, 4) is 0 Å². The summed E-state index contributed by atoms with van der Waals surface area (Å²) in [5, 5.41) is 3.83. The van der Waals surface area contributed by atoms with Gasteiger partial charge in [0.15, 0.2) is 0 Å². The summed E-state index contributed by atoms with van der Waals surface area (Å²) in [6.45, 7) is 8.82. The SMILES string of the molecule is C=C(CC)CC(NCC)c1cc(Cl)ccc1F. The highest BCUT2D eigenvalue weighted by atomic mass is 35.5. The van der Waals surface area contributed by atoms with Crippen molar-refractivity contribution in [2.75, 3.05) is 6.54 Å². The van der Waals surface area contributed by atoms with Gasteiger partial charge in [-0.1, -0.05) is 37.6 Å². The van der Waals surface area contributed by atoms with Crippen molar-refractivity contribution >= 4 is 11.6 Å². The van der Waals surface area contributed by atoms with Gasteiger partial charge >= 0.3 is 0 Å². The Kier molecular flexibility index (Phi) is 5.66. The van der Waals surface area contributed by atoms with Crippen LogP contribution in [0.4, 0.5) is 4.39 Å². The lowest BCUT2D eigenvalue weighted by atomic mass is 9.98. The highest BCUT2D eigenvalue weighted by molar-refractivity contribution is 6.30. The first-order chi connectivity index (χ1) is 8.08. The maximum absolute atomic E-state index is 13.8. The van der Waals surface area contributed by atoms with Gasteiger partial charge in [-0.3, -0.25) is 0 Å². The zero-order valence-corrected chi connectivity index (χ0v) is 11.1. The van der Waals surface area contributed by atoms with Gasteiger partial charge in [0.2, 0.25) is 0 Å². The maximum Gasteiger partial charge on any atom is 0.128 e. The van der Waals surface area contributed by atoms with Gasteiger partial charge in [0.1, 0.15) is 5.82 Å². The van der Waals surface area contributed by atoms with Crippen LogP contribution < -0.4 is 5.32 Å². The number of hydrogen-bond donors (Lipinski definition) is 1. The monoisotopic (exact) mass is 255 g/mol. The van der Waals surface area contributed by atoms with Crippen LogP contribution in [0.1, 0.15) is 38.3 Å². The Morgan fingerprint density at radius 1 is 1.47 bits per heavy atom. The molecule has 0 aliphatic rings. The number of benzene rings is 1. The third kappa shape index (κ3) is 4.14. The van der Waals surface area contributed by atoms with Crippen LogP contribution in [0.3, 0.4) is 0 Å². The zero-order valence-electron chi connectivity index (χ0n) is 10.4. The Labute approximate surface area is 108 Å². The van der Waals surface area contributed by atoms with E-state index in [0.717, 1.165) is 25.0 Å². The first-order valence-electron chi connectivity index (χ1n) is 5.93. The molecule has 1 nitrogen and oxygen atoms in total. The molecule has 0 amide bonds. The van der Waals surface area contributed by atoms with Crippen molar-refractivity contribution in [1.82, 2.24) is 5.32 Å². The topological polar surface area (TPSA) is 12.0 Å². The molecule has 1 aromatic carbocycles. The number of halogens is 2. The van der Waals surface area contributed by atoms with Gasteiger partial charge in [0, 0.05) is 16.6 Å². The fourth-order valence-electron chi connectivity index (χ4n) is 1.75. The van der Waals surface area contributed by atoms with Gasteiger partial charge in [0.25, 0.3) is 0 Å². The molecule has 1 rings (SSSR count). The van der Waals surface area contributed by atoms with E-state index in [9.17, 15) is 4.39 Å². The van der Waals surface area contributed by atoms with Crippen molar-refractivity contribution in [3.05, 3.63) is 46.8 Å². The van der Waals surface area contributed by atoms with E-state index in [0.29, 0.717) is 10.6 Å². The average Bonchev–Trinajstić information content (AvgIpc) is 2.31. The van der Waals surface area contributed by atoms with Crippen molar-refractivity contribution in [2.45, 2.75) is 32.7 Å². The molecule has 0 saturated heterocycles. The Morgan fingerprint density at radius 2 is 2.18 bits per heavy atom. The molecule has 0 heterocycles. The molecule has 0 fully saturated rings. The Bertz CT molecular complexity index is 390. The number of nitrogens with one attached hydrogen (secondary N) is 1. The van der Waals surface area contributed by atoms with Crippen molar-refractivity contribution in [2.24, 2.45) is 0 Å². The third-order valence-corrected chi connectivity index (χ3v) is 3.01. The smallest absolute Gasteiger partial charge is 0.128 e. The summed E-state index contributed by atoms with van der Waals surface area (Å²) in [5.74, 6) is -0.218. The fraction of sp³-hybridized carbons (Fsp3) is 0.429. The molecule has 0 radical (unpaired) electrons. The molecular weight excluding hydrogens is 237 g/mol. The summed E-state index contributed by atoms with van der Waals surface area (Å²) < 4.78 is 13.8. The molecular formula is C14H19ClFN. The molecule has 0 aliphatic heterocycles. The Morgan fingerprint density at radius 3 is 2.76 bits per heavy atom. The number of rotatable bonds is 6. The van der Waals surface area contributed by atoms with Gasteiger partial charge in [0.05, 0.1) is 0 Å². The Balaban J connectivity index is 2.95. The highest BCUT2D eigenvalue weighted by Gasteiger charge is 2.15. The van der Waals surface area contributed by atoms with Crippen LogP contribution in [-0.2, 0) is 0 Å². The van der Waals surface area contributed by atoms with Gasteiger partial charge in [-0.15, -0.1) is 0 Å². The van der Waals surface area contributed by atoms with Gasteiger partial charge in [-0.25, -0.2) is 4.39 Å². The van der Waals surface area contributed by atoms with Crippen molar-refractivity contribution < 1.29 is 4.39 Å². The van der Waals surface area contributed by atoms with Crippen LogP contribution in [0, 0.1) is 5.82 Å². The van der Waals surface area contributed by atoms with E-state index < -0.39 is 0 Å². The largest absolute Gasteiger partial charge is 0.310 e. The van der Waals surface area contributed by atoms with Crippen LogP contribution in [0.15, 0.2) is 30.4 Å². The number of hydrogen-bond acceptors (Lipinski definition) is 1. The predicted molar refractivity (Wildman–Crippen MR) is 71.9 cm³/mol. The maximum atomic E-state index is 13.8. The normalized spacial score (nSPS) is 12.5. The second kappa shape index (κ2) is 6.77. The van der Waals surface area contributed by atoms with Crippen LogP contribution in [-0.4, -0.2) is 6.54 Å². The van der Waals surface area contributed by atoms with E-state index in [4.69, 9.17) is 11.6 Å². The standard InChI is InChI=1S/C14H19ClFN/c1-4-10(3)8-14(17-5-2)12-9-11(15)6-7-13(12)16/h6-7,9,14,17H,3-5,8H2,1-2H3. The van der Waals surface area contributed by atoms with Gasteiger partial charge in [-0.05, 0) is 37.6 Å². The molecule has 0 bridgehead atoms. The molecule has 94 valence electrons. The second-order valence-corrected chi connectivity index (χ2v) is 4.52. The van der Waals surface area contributed by atoms with Crippen LogP contribution >= 0.6 is 11.6 Å². The average molecular weight is 256 g/mol. The minimum Gasteiger partial charge on any atom is -0.310 e. The van der Waals surface area contributed by atoms with E-state index in [2.05, 4.69) is 18.8 Å². The third-order valence-electron chi connectivity index (χ3n) is 2.78. The lowest BCUT2D eigenvalue weighted by Crippen LogP contribution is -2.22. The van der Waals surface area contributed by atoms with Crippen molar-refractivity contribution in [1.29, 1.82) is 0 Å². The van der Waals surface area contributed by atoms with E-state index in [-0.39, 0.29) is 11.9 Å². The molecule has 0 aromatic heterocycles. The van der Waals surface area contributed by atoms with E-state index in [1.807, 2.05) is 6.92 Å².